The van der Waals surface area contributed by atoms with Crippen LogP contribution in [-0.2, 0) is 36.9 Å². The average Bonchev–Trinajstić information content (AvgIpc) is 3.84. The molecular formula is C37H42ClFN6O2S. The third kappa shape index (κ3) is 7.08. The number of carbonyl (C=O) groups excluding carboxylic acids is 1. The molecule has 1 saturated heterocycles. The van der Waals surface area contributed by atoms with E-state index in [0.29, 0.717) is 30.2 Å². The molecule has 0 saturated carbocycles. The Morgan fingerprint density at radius 2 is 1.81 bits per heavy atom. The fourth-order valence-electron chi connectivity index (χ4n) is 7.35. The van der Waals surface area contributed by atoms with E-state index in [1.54, 1.807) is 12.3 Å². The highest BCUT2D eigenvalue weighted by Gasteiger charge is 2.28. The summed E-state index contributed by atoms with van der Waals surface area (Å²) in [6.45, 7) is 7.59. The van der Waals surface area contributed by atoms with Crippen molar-refractivity contribution in [1.82, 2.24) is 24.3 Å². The molecule has 252 valence electrons. The van der Waals surface area contributed by atoms with E-state index in [2.05, 4.69) is 25.9 Å². The molecule has 1 amide bonds. The molecule has 0 spiro atoms. The van der Waals surface area contributed by atoms with E-state index in [0.717, 1.165) is 84.6 Å². The second-order valence-electron chi connectivity index (χ2n) is 13.0. The van der Waals surface area contributed by atoms with Crippen molar-refractivity contribution in [1.29, 1.82) is 0 Å². The van der Waals surface area contributed by atoms with Crippen LogP contribution in [-0.4, -0.2) is 81.2 Å². The van der Waals surface area contributed by atoms with Crippen LogP contribution < -0.4 is 10.2 Å². The van der Waals surface area contributed by atoms with Crippen LogP contribution in [0.1, 0.15) is 46.4 Å². The van der Waals surface area contributed by atoms with Crippen molar-refractivity contribution in [2.45, 2.75) is 45.2 Å². The SMILES string of the molecule is CS(=O)N1CCc2c(c(-c3ccc(Cl)c(-c4cccc(C(=O)NCCN5CCc6cc(F)ccc65)c4)c3)nn2CCCN2CCCC2)C1. The number of halogens is 2. The number of amides is 1. The maximum absolute atomic E-state index is 13.6. The van der Waals surface area contributed by atoms with Gasteiger partial charge in [0.05, 0.1) is 16.7 Å². The Morgan fingerprint density at radius 3 is 2.65 bits per heavy atom. The first-order valence-corrected chi connectivity index (χ1v) is 18.8. The lowest BCUT2D eigenvalue weighted by Gasteiger charge is -2.25. The van der Waals surface area contributed by atoms with Crippen LogP contribution >= 0.6 is 11.6 Å². The highest BCUT2D eigenvalue weighted by atomic mass is 35.5. The number of nitrogens with zero attached hydrogens (tertiary/aromatic N) is 5. The Bertz CT molecular complexity index is 1840. The Kier molecular flexibility index (Phi) is 9.95. The summed E-state index contributed by atoms with van der Waals surface area (Å²) >= 11 is 6.79. The van der Waals surface area contributed by atoms with Gasteiger partial charge in [-0.15, -0.1) is 0 Å². The topological polar surface area (TPSA) is 73.7 Å². The molecule has 4 heterocycles. The van der Waals surface area contributed by atoms with Gasteiger partial charge in [-0.3, -0.25) is 9.48 Å². The summed E-state index contributed by atoms with van der Waals surface area (Å²) in [6, 6.07) is 18.4. The van der Waals surface area contributed by atoms with Crippen molar-refractivity contribution in [3.63, 3.8) is 0 Å². The van der Waals surface area contributed by atoms with Crippen LogP contribution in [0.15, 0.2) is 60.7 Å². The van der Waals surface area contributed by atoms with Gasteiger partial charge in [-0.05, 0) is 98.9 Å². The van der Waals surface area contributed by atoms with Crippen molar-refractivity contribution < 1.29 is 13.4 Å². The highest BCUT2D eigenvalue weighted by Crippen LogP contribution is 2.36. The van der Waals surface area contributed by atoms with E-state index in [1.807, 2.05) is 46.8 Å². The lowest BCUT2D eigenvalue weighted by atomic mass is 9.97. The molecule has 1 fully saturated rings. The Hall–Kier alpha value is -3.57. The van der Waals surface area contributed by atoms with Crippen molar-refractivity contribution in [3.05, 3.63) is 93.9 Å². The third-order valence-corrected chi connectivity index (χ3v) is 11.3. The molecule has 0 aliphatic carbocycles. The van der Waals surface area contributed by atoms with Crippen molar-refractivity contribution in [2.24, 2.45) is 0 Å². The maximum atomic E-state index is 13.6. The minimum absolute atomic E-state index is 0.156. The number of hydrogen-bond donors (Lipinski definition) is 1. The molecule has 0 radical (unpaired) electrons. The van der Waals surface area contributed by atoms with Crippen molar-refractivity contribution >= 4 is 34.2 Å². The molecule has 7 rings (SSSR count). The van der Waals surface area contributed by atoms with Gasteiger partial charge in [-0.2, -0.15) is 5.10 Å². The summed E-state index contributed by atoms with van der Waals surface area (Å²) in [5.41, 5.74) is 8.49. The van der Waals surface area contributed by atoms with Gasteiger partial charge in [0.15, 0.2) is 0 Å². The Morgan fingerprint density at radius 1 is 0.958 bits per heavy atom. The number of anilines is 1. The summed E-state index contributed by atoms with van der Waals surface area (Å²) < 4.78 is 30.3. The van der Waals surface area contributed by atoms with Gasteiger partial charge in [0.2, 0.25) is 0 Å². The first-order chi connectivity index (χ1) is 23.3. The second kappa shape index (κ2) is 14.5. The normalized spacial score (nSPS) is 17.0. The van der Waals surface area contributed by atoms with Crippen LogP contribution in [0, 0.1) is 5.82 Å². The molecule has 1 atom stereocenters. The van der Waals surface area contributed by atoms with Crippen LogP contribution in [0.2, 0.25) is 5.02 Å². The molecule has 4 aromatic rings. The fourth-order valence-corrected chi connectivity index (χ4v) is 8.24. The number of carbonyl (C=O) groups is 1. The van der Waals surface area contributed by atoms with Gasteiger partial charge >= 0.3 is 0 Å². The molecule has 3 aliphatic rings. The minimum atomic E-state index is -1.07. The first kappa shape index (κ1) is 33.0. The summed E-state index contributed by atoms with van der Waals surface area (Å²) in [5, 5.41) is 8.80. The number of likely N-dealkylation sites (tertiary alicyclic amines) is 1. The molecule has 3 aliphatic heterocycles. The number of aromatic nitrogens is 2. The maximum Gasteiger partial charge on any atom is 0.251 e. The van der Waals surface area contributed by atoms with Gasteiger partial charge in [-0.1, -0.05) is 29.8 Å². The van der Waals surface area contributed by atoms with Gasteiger partial charge in [-0.25, -0.2) is 12.9 Å². The Balaban J connectivity index is 1.09. The van der Waals surface area contributed by atoms with Gasteiger partial charge in [0, 0.05) is 90.6 Å². The van der Waals surface area contributed by atoms with E-state index in [-0.39, 0.29) is 11.7 Å². The van der Waals surface area contributed by atoms with E-state index >= 15 is 0 Å². The number of aryl methyl sites for hydroxylation is 1. The number of nitrogens with one attached hydrogen (secondary N) is 1. The summed E-state index contributed by atoms with van der Waals surface area (Å²) in [5.74, 6) is -0.371. The van der Waals surface area contributed by atoms with E-state index < -0.39 is 11.0 Å². The highest BCUT2D eigenvalue weighted by molar-refractivity contribution is 7.81. The van der Waals surface area contributed by atoms with Crippen LogP contribution in [0.5, 0.6) is 0 Å². The van der Waals surface area contributed by atoms with Gasteiger partial charge in [0.1, 0.15) is 5.82 Å². The first-order valence-electron chi connectivity index (χ1n) is 17.0. The molecule has 1 aromatic heterocycles. The molecule has 11 heteroatoms. The van der Waals surface area contributed by atoms with Crippen LogP contribution in [0.25, 0.3) is 22.4 Å². The third-order valence-electron chi connectivity index (χ3n) is 9.88. The smallest absolute Gasteiger partial charge is 0.251 e. The van der Waals surface area contributed by atoms with Crippen molar-refractivity contribution in [3.8, 4) is 22.4 Å². The molecule has 1 N–H and O–H groups in total. The Labute approximate surface area is 289 Å². The predicted octanol–water partition coefficient (Wildman–Crippen LogP) is 5.94. The standard InChI is InChI=1S/C37H42ClFN6O2S/c1-48(47)44-20-13-35-32(25-44)36(41-45(35)18-5-17-42-15-2-3-16-42)28-8-10-33(38)31(24-28)26-6-4-7-29(22-26)37(46)40-14-21-43-19-12-27-23-30(39)9-11-34(27)43/h4,6-11,22-24H,2-3,5,12-21,25H2,1H3,(H,40,46). The summed E-state index contributed by atoms with van der Waals surface area (Å²) in [4.78, 5) is 17.9. The van der Waals surface area contributed by atoms with E-state index in [4.69, 9.17) is 16.7 Å². The zero-order valence-electron chi connectivity index (χ0n) is 27.4. The monoisotopic (exact) mass is 688 g/mol. The summed E-state index contributed by atoms with van der Waals surface area (Å²) in [6.07, 6.45) is 6.98. The molecule has 48 heavy (non-hydrogen) atoms. The van der Waals surface area contributed by atoms with Crippen LogP contribution in [0.4, 0.5) is 10.1 Å². The minimum Gasteiger partial charge on any atom is -0.369 e. The van der Waals surface area contributed by atoms with Gasteiger partial charge < -0.3 is 15.1 Å². The largest absolute Gasteiger partial charge is 0.369 e. The van der Waals surface area contributed by atoms with Crippen LogP contribution in [0.3, 0.4) is 0 Å². The quantitative estimate of drug-likeness (QED) is 0.211. The molecular weight excluding hydrogens is 647 g/mol. The molecule has 8 nitrogen and oxygen atoms in total. The average molecular weight is 689 g/mol. The number of benzene rings is 3. The van der Waals surface area contributed by atoms with E-state index in [9.17, 15) is 13.4 Å². The fraction of sp³-hybridized carbons (Fsp3) is 0.405. The van der Waals surface area contributed by atoms with E-state index in [1.165, 1.54) is 37.7 Å². The number of rotatable bonds is 11. The van der Waals surface area contributed by atoms with Crippen molar-refractivity contribution in [2.75, 3.05) is 57.0 Å². The molecule has 3 aromatic carbocycles. The number of hydrogen-bond acceptors (Lipinski definition) is 5. The predicted molar refractivity (Wildman–Crippen MR) is 191 cm³/mol. The molecule has 0 bridgehead atoms. The molecule has 1 unspecified atom stereocenters. The van der Waals surface area contributed by atoms with Gasteiger partial charge in [0.25, 0.3) is 5.91 Å². The number of fused-ring (bicyclic) bond motifs is 2. The second-order valence-corrected chi connectivity index (χ2v) is 14.7. The lowest BCUT2D eigenvalue weighted by molar-refractivity contribution is 0.0954. The zero-order valence-corrected chi connectivity index (χ0v) is 29.0. The summed E-state index contributed by atoms with van der Waals surface area (Å²) in [7, 11) is -1.07. The zero-order chi connectivity index (χ0) is 33.2. The lowest BCUT2D eigenvalue weighted by Crippen LogP contribution is -2.34.